The van der Waals surface area contributed by atoms with Crippen molar-refractivity contribution in [1.29, 1.82) is 0 Å². The third-order valence-corrected chi connectivity index (χ3v) is 2.68. The molecule has 0 aromatic heterocycles. The fraction of sp³-hybridized carbons (Fsp3) is 0.500. The van der Waals surface area contributed by atoms with E-state index in [9.17, 15) is 8.78 Å². The molecule has 0 saturated heterocycles. The lowest BCUT2D eigenvalue weighted by molar-refractivity contribution is 0.0156. The van der Waals surface area contributed by atoms with Crippen LogP contribution in [0.1, 0.15) is 31.0 Å². The van der Waals surface area contributed by atoms with Crippen LogP contribution in [0.5, 0.6) is 11.5 Å². The zero-order valence-electron chi connectivity index (χ0n) is 9.80. The van der Waals surface area contributed by atoms with Crippen LogP contribution in [0.2, 0.25) is 0 Å². The van der Waals surface area contributed by atoms with Crippen molar-refractivity contribution in [2.45, 2.75) is 25.8 Å². The number of hydrogen-bond donors (Lipinski definition) is 1. The summed E-state index contributed by atoms with van der Waals surface area (Å²) in [6, 6.07) is 2.39. The molecule has 0 spiro atoms. The summed E-state index contributed by atoms with van der Waals surface area (Å²) in [7, 11) is 0. The Labute approximate surface area is 98.5 Å². The van der Waals surface area contributed by atoms with Gasteiger partial charge in [0, 0.05) is 18.5 Å². The molecule has 3 nitrogen and oxygen atoms in total. The van der Waals surface area contributed by atoms with Crippen molar-refractivity contribution >= 4 is 0 Å². The summed E-state index contributed by atoms with van der Waals surface area (Å²) in [5, 5.41) is 0. The molecule has 1 aromatic carbocycles. The van der Waals surface area contributed by atoms with Crippen LogP contribution < -0.4 is 15.2 Å². The minimum atomic E-state index is -2.95. The van der Waals surface area contributed by atoms with Crippen molar-refractivity contribution in [1.82, 2.24) is 0 Å². The maximum Gasteiger partial charge on any atom is 0.270 e. The van der Waals surface area contributed by atoms with E-state index >= 15 is 0 Å². The molecule has 1 heterocycles. The van der Waals surface area contributed by atoms with Crippen molar-refractivity contribution in [2.75, 3.05) is 13.2 Å². The Morgan fingerprint density at radius 2 is 1.76 bits per heavy atom. The lowest BCUT2D eigenvalue weighted by Crippen LogP contribution is -2.20. The SMILES string of the molecule is CC(N)c1cc2c(cc1C(C)(F)F)OCCO2. The van der Waals surface area contributed by atoms with Gasteiger partial charge < -0.3 is 15.2 Å². The predicted octanol–water partition coefficient (Wildman–Crippen LogP) is 2.59. The monoisotopic (exact) mass is 243 g/mol. The fourth-order valence-electron chi connectivity index (χ4n) is 1.86. The van der Waals surface area contributed by atoms with E-state index in [1.54, 1.807) is 13.0 Å². The molecule has 0 bridgehead atoms. The normalized spacial score (nSPS) is 16.8. The second kappa shape index (κ2) is 4.14. The first kappa shape index (κ1) is 12.1. The molecule has 0 amide bonds. The van der Waals surface area contributed by atoms with Crippen LogP contribution in [0.3, 0.4) is 0 Å². The standard InChI is InChI=1S/C12H15F2NO2/c1-7(15)8-5-10-11(17-4-3-16-10)6-9(8)12(2,13)14/h5-7H,3-4,15H2,1-2H3. The second-order valence-corrected chi connectivity index (χ2v) is 4.26. The van der Waals surface area contributed by atoms with E-state index in [1.807, 2.05) is 0 Å². The Morgan fingerprint density at radius 3 is 2.24 bits per heavy atom. The van der Waals surface area contributed by atoms with Gasteiger partial charge >= 0.3 is 0 Å². The number of ether oxygens (including phenoxy) is 2. The minimum absolute atomic E-state index is 0.100. The molecule has 1 unspecified atom stereocenters. The van der Waals surface area contributed by atoms with Gasteiger partial charge in [-0.2, -0.15) is 0 Å². The zero-order chi connectivity index (χ0) is 12.6. The van der Waals surface area contributed by atoms with Gasteiger partial charge in [0.15, 0.2) is 11.5 Å². The summed E-state index contributed by atoms with van der Waals surface area (Å²) in [6.45, 7) is 3.32. The van der Waals surface area contributed by atoms with Gasteiger partial charge in [0.2, 0.25) is 0 Å². The van der Waals surface area contributed by atoms with Crippen LogP contribution in [-0.2, 0) is 5.92 Å². The summed E-state index contributed by atoms with van der Waals surface area (Å²) in [4.78, 5) is 0. The quantitative estimate of drug-likeness (QED) is 0.868. The number of nitrogens with two attached hydrogens (primary N) is 1. The fourth-order valence-corrected chi connectivity index (χ4v) is 1.86. The topological polar surface area (TPSA) is 44.5 Å². The van der Waals surface area contributed by atoms with Crippen LogP contribution in [0.15, 0.2) is 12.1 Å². The zero-order valence-corrected chi connectivity index (χ0v) is 9.80. The maximum absolute atomic E-state index is 13.5. The molecule has 5 heteroatoms. The highest BCUT2D eigenvalue weighted by Gasteiger charge is 2.31. The van der Waals surface area contributed by atoms with Crippen LogP contribution in [0.25, 0.3) is 0 Å². The summed E-state index contributed by atoms with van der Waals surface area (Å²) < 4.78 is 37.6. The Balaban J connectivity index is 2.56. The molecule has 0 saturated carbocycles. The first-order valence-corrected chi connectivity index (χ1v) is 5.47. The van der Waals surface area contributed by atoms with Crippen molar-refractivity contribution in [3.05, 3.63) is 23.3 Å². The van der Waals surface area contributed by atoms with Gasteiger partial charge in [-0.25, -0.2) is 8.78 Å². The number of hydrogen-bond acceptors (Lipinski definition) is 3. The number of halogens is 2. The van der Waals surface area contributed by atoms with E-state index in [1.165, 1.54) is 6.07 Å². The summed E-state index contributed by atoms with van der Waals surface area (Å²) in [5.41, 5.74) is 6.00. The van der Waals surface area contributed by atoms with E-state index < -0.39 is 12.0 Å². The predicted molar refractivity (Wildman–Crippen MR) is 59.6 cm³/mol. The Bertz CT molecular complexity index is 427. The number of fused-ring (bicyclic) bond motifs is 1. The first-order valence-electron chi connectivity index (χ1n) is 5.47. The molecular formula is C12H15F2NO2. The van der Waals surface area contributed by atoms with Crippen molar-refractivity contribution in [3.63, 3.8) is 0 Å². The van der Waals surface area contributed by atoms with Gasteiger partial charge in [-0.3, -0.25) is 0 Å². The summed E-state index contributed by atoms with van der Waals surface area (Å²) in [6.07, 6.45) is 0. The molecule has 17 heavy (non-hydrogen) atoms. The minimum Gasteiger partial charge on any atom is -0.486 e. The molecule has 1 aliphatic rings. The van der Waals surface area contributed by atoms with Gasteiger partial charge in [0.05, 0.1) is 0 Å². The number of benzene rings is 1. The van der Waals surface area contributed by atoms with E-state index in [0.717, 1.165) is 6.92 Å². The van der Waals surface area contributed by atoms with Gasteiger partial charge in [-0.05, 0) is 24.6 Å². The smallest absolute Gasteiger partial charge is 0.270 e. The summed E-state index contributed by atoms with van der Waals surface area (Å²) >= 11 is 0. The molecule has 2 rings (SSSR count). The third-order valence-electron chi connectivity index (χ3n) is 2.68. The van der Waals surface area contributed by atoms with Crippen molar-refractivity contribution in [2.24, 2.45) is 5.73 Å². The van der Waals surface area contributed by atoms with Crippen molar-refractivity contribution < 1.29 is 18.3 Å². The van der Waals surface area contributed by atoms with E-state index in [-0.39, 0.29) is 5.56 Å². The Morgan fingerprint density at radius 1 is 1.24 bits per heavy atom. The van der Waals surface area contributed by atoms with E-state index in [4.69, 9.17) is 15.2 Å². The van der Waals surface area contributed by atoms with Crippen LogP contribution in [0, 0.1) is 0 Å². The largest absolute Gasteiger partial charge is 0.486 e. The van der Waals surface area contributed by atoms with Crippen LogP contribution in [0.4, 0.5) is 8.78 Å². The molecule has 0 fully saturated rings. The highest BCUT2D eigenvalue weighted by atomic mass is 19.3. The lowest BCUT2D eigenvalue weighted by Gasteiger charge is -2.24. The highest BCUT2D eigenvalue weighted by Crippen LogP contribution is 2.40. The van der Waals surface area contributed by atoms with Gasteiger partial charge in [0.1, 0.15) is 13.2 Å². The molecule has 94 valence electrons. The van der Waals surface area contributed by atoms with Gasteiger partial charge in [-0.1, -0.05) is 0 Å². The molecule has 1 aliphatic heterocycles. The van der Waals surface area contributed by atoms with Gasteiger partial charge in [0.25, 0.3) is 5.92 Å². The molecule has 0 radical (unpaired) electrons. The summed E-state index contributed by atoms with van der Waals surface area (Å²) in [5.74, 6) is -2.10. The maximum atomic E-state index is 13.5. The van der Waals surface area contributed by atoms with E-state index in [0.29, 0.717) is 30.3 Å². The second-order valence-electron chi connectivity index (χ2n) is 4.26. The molecule has 2 N–H and O–H groups in total. The van der Waals surface area contributed by atoms with E-state index in [2.05, 4.69) is 0 Å². The lowest BCUT2D eigenvalue weighted by atomic mass is 9.97. The average molecular weight is 243 g/mol. The molecule has 1 aromatic rings. The van der Waals surface area contributed by atoms with Gasteiger partial charge in [-0.15, -0.1) is 0 Å². The molecular weight excluding hydrogens is 228 g/mol. The average Bonchev–Trinajstić information content (AvgIpc) is 2.26. The highest BCUT2D eigenvalue weighted by molar-refractivity contribution is 5.50. The molecule has 0 aliphatic carbocycles. The van der Waals surface area contributed by atoms with Crippen LogP contribution in [-0.4, -0.2) is 13.2 Å². The Kier molecular flexibility index (Phi) is 2.95. The molecule has 1 atom stereocenters. The first-order chi connectivity index (χ1) is 7.89. The number of rotatable bonds is 2. The van der Waals surface area contributed by atoms with Crippen LogP contribution >= 0.6 is 0 Å². The van der Waals surface area contributed by atoms with Crippen molar-refractivity contribution in [3.8, 4) is 11.5 Å². The number of alkyl halides is 2. The Hall–Kier alpha value is -1.36. The third kappa shape index (κ3) is 2.34.